The molecule has 7 nitrogen and oxygen atoms in total. The fourth-order valence-electron chi connectivity index (χ4n) is 1.52. The van der Waals surface area contributed by atoms with Crippen molar-refractivity contribution in [3.8, 4) is 5.88 Å². The first-order valence-corrected chi connectivity index (χ1v) is 7.17. The predicted molar refractivity (Wildman–Crippen MR) is 75.0 cm³/mol. The number of nitrogen functional groups attached to an aromatic ring is 1. The van der Waals surface area contributed by atoms with E-state index in [4.69, 9.17) is 10.5 Å². The van der Waals surface area contributed by atoms with Crippen molar-refractivity contribution in [1.29, 1.82) is 0 Å². The fourth-order valence-corrected chi connectivity index (χ4v) is 2.46. The van der Waals surface area contributed by atoms with E-state index in [9.17, 15) is 8.42 Å². The van der Waals surface area contributed by atoms with Crippen LogP contribution in [-0.2, 0) is 10.0 Å². The number of hydrogen-bond donors (Lipinski definition) is 2. The van der Waals surface area contributed by atoms with Crippen molar-refractivity contribution < 1.29 is 13.2 Å². The van der Waals surface area contributed by atoms with Crippen molar-refractivity contribution in [3.05, 3.63) is 36.0 Å². The zero-order chi connectivity index (χ0) is 14.8. The summed E-state index contributed by atoms with van der Waals surface area (Å²) < 4.78 is 31.6. The second-order valence-electron chi connectivity index (χ2n) is 4.05. The largest absolute Gasteiger partial charge is 0.481 e. The molecule has 0 spiro atoms. The topological polar surface area (TPSA) is 107 Å². The molecule has 2 aromatic rings. The van der Waals surface area contributed by atoms with Crippen molar-refractivity contribution in [2.24, 2.45) is 0 Å². The van der Waals surface area contributed by atoms with Gasteiger partial charge in [0.15, 0.2) is 0 Å². The average molecular weight is 294 g/mol. The summed E-state index contributed by atoms with van der Waals surface area (Å²) in [6.07, 6.45) is 0. The van der Waals surface area contributed by atoms with Gasteiger partial charge in [0.05, 0.1) is 12.0 Å². The highest BCUT2D eigenvalue weighted by Gasteiger charge is 2.16. The normalized spacial score (nSPS) is 11.1. The van der Waals surface area contributed by atoms with Crippen molar-refractivity contribution in [1.82, 2.24) is 9.97 Å². The van der Waals surface area contributed by atoms with Crippen LogP contribution in [0.1, 0.15) is 5.69 Å². The molecule has 0 aliphatic carbocycles. The molecule has 0 amide bonds. The van der Waals surface area contributed by atoms with Gasteiger partial charge in [-0.2, -0.15) is 4.98 Å². The lowest BCUT2D eigenvalue weighted by molar-refractivity contribution is 0.397. The van der Waals surface area contributed by atoms with Crippen LogP contribution in [0.2, 0.25) is 0 Å². The summed E-state index contributed by atoms with van der Waals surface area (Å²) in [5.41, 5.74) is 6.60. The fraction of sp³-hybridized carbons (Fsp3) is 0.167. The van der Waals surface area contributed by atoms with Crippen LogP contribution in [0.3, 0.4) is 0 Å². The van der Waals surface area contributed by atoms with Gasteiger partial charge < -0.3 is 10.5 Å². The molecule has 3 N–H and O–H groups in total. The molecule has 2 rings (SSSR count). The number of nitrogens with two attached hydrogens (primary N) is 1. The smallest absolute Gasteiger partial charge is 0.264 e. The van der Waals surface area contributed by atoms with Gasteiger partial charge in [-0.25, -0.2) is 18.1 Å². The molecule has 0 radical (unpaired) electrons. The SMILES string of the molecule is COc1cc(C)nc(NS(=O)(=O)c2ccc(N)cc2)n1. The van der Waals surface area contributed by atoms with E-state index in [0.717, 1.165) is 0 Å². The Morgan fingerprint density at radius 2 is 1.85 bits per heavy atom. The van der Waals surface area contributed by atoms with Gasteiger partial charge in [0.25, 0.3) is 10.0 Å². The van der Waals surface area contributed by atoms with E-state index in [-0.39, 0.29) is 16.7 Å². The highest BCUT2D eigenvalue weighted by Crippen LogP contribution is 2.17. The molecule has 106 valence electrons. The molecule has 0 unspecified atom stereocenters. The lowest BCUT2D eigenvalue weighted by Crippen LogP contribution is -2.15. The van der Waals surface area contributed by atoms with Crippen LogP contribution >= 0.6 is 0 Å². The third-order valence-corrected chi connectivity index (χ3v) is 3.80. The summed E-state index contributed by atoms with van der Waals surface area (Å²) in [5, 5.41) is 0. The summed E-state index contributed by atoms with van der Waals surface area (Å²) in [6, 6.07) is 7.43. The molecular weight excluding hydrogens is 280 g/mol. The second-order valence-corrected chi connectivity index (χ2v) is 5.73. The second kappa shape index (κ2) is 5.33. The Kier molecular flexibility index (Phi) is 3.75. The zero-order valence-electron chi connectivity index (χ0n) is 11.0. The minimum absolute atomic E-state index is 0.0429. The number of sulfonamides is 1. The van der Waals surface area contributed by atoms with Gasteiger partial charge >= 0.3 is 0 Å². The number of nitrogens with one attached hydrogen (secondary N) is 1. The molecular formula is C12H14N4O3S. The molecule has 0 saturated heterocycles. The van der Waals surface area contributed by atoms with Crippen LogP contribution in [0.4, 0.5) is 11.6 Å². The van der Waals surface area contributed by atoms with E-state index in [1.165, 1.54) is 31.4 Å². The molecule has 8 heteroatoms. The van der Waals surface area contributed by atoms with Crippen molar-refractivity contribution in [2.45, 2.75) is 11.8 Å². The minimum Gasteiger partial charge on any atom is -0.481 e. The summed E-state index contributed by atoms with van der Waals surface area (Å²) in [4.78, 5) is 8.02. The van der Waals surface area contributed by atoms with Gasteiger partial charge in [-0.1, -0.05) is 0 Å². The van der Waals surface area contributed by atoms with Crippen molar-refractivity contribution in [3.63, 3.8) is 0 Å². The lowest BCUT2D eigenvalue weighted by atomic mass is 10.3. The molecule has 1 aromatic heterocycles. The Balaban J connectivity index is 2.33. The average Bonchev–Trinajstić information content (AvgIpc) is 2.37. The van der Waals surface area contributed by atoms with E-state index in [2.05, 4.69) is 14.7 Å². The number of anilines is 2. The van der Waals surface area contributed by atoms with E-state index in [1.807, 2.05) is 0 Å². The molecule has 0 aliphatic heterocycles. The van der Waals surface area contributed by atoms with Gasteiger partial charge in [-0.3, -0.25) is 0 Å². The number of methoxy groups -OCH3 is 1. The zero-order valence-corrected chi connectivity index (χ0v) is 11.8. The van der Waals surface area contributed by atoms with Gasteiger partial charge in [0, 0.05) is 17.4 Å². The summed E-state index contributed by atoms with van der Waals surface area (Å²) in [5.74, 6) is 0.242. The summed E-state index contributed by atoms with van der Waals surface area (Å²) in [6.45, 7) is 1.71. The molecule has 0 fully saturated rings. The Morgan fingerprint density at radius 1 is 1.20 bits per heavy atom. The molecule has 0 saturated carbocycles. The number of aryl methyl sites for hydroxylation is 1. The van der Waals surface area contributed by atoms with E-state index < -0.39 is 10.0 Å². The number of hydrogen-bond acceptors (Lipinski definition) is 6. The number of benzene rings is 1. The van der Waals surface area contributed by atoms with Crippen LogP contribution < -0.4 is 15.2 Å². The van der Waals surface area contributed by atoms with Gasteiger partial charge in [-0.15, -0.1) is 0 Å². The van der Waals surface area contributed by atoms with Gasteiger partial charge in [-0.05, 0) is 31.2 Å². The maximum Gasteiger partial charge on any atom is 0.264 e. The molecule has 0 bridgehead atoms. The van der Waals surface area contributed by atoms with Crippen molar-refractivity contribution in [2.75, 3.05) is 17.6 Å². The first kappa shape index (κ1) is 14.1. The van der Waals surface area contributed by atoms with Crippen LogP contribution in [0.15, 0.2) is 35.2 Å². The van der Waals surface area contributed by atoms with Crippen LogP contribution in [-0.4, -0.2) is 25.5 Å². The number of aromatic nitrogens is 2. The lowest BCUT2D eigenvalue weighted by Gasteiger charge is -2.08. The van der Waals surface area contributed by atoms with E-state index in [0.29, 0.717) is 11.4 Å². The van der Waals surface area contributed by atoms with Gasteiger partial charge in [0.1, 0.15) is 0 Å². The molecule has 1 aromatic carbocycles. The quantitative estimate of drug-likeness (QED) is 0.820. The first-order chi connectivity index (χ1) is 9.40. The van der Waals surface area contributed by atoms with Crippen molar-refractivity contribution >= 4 is 21.7 Å². The monoisotopic (exact) mass is 294 g/mol. The molecule has 0 aliphatic rings. The molecule has 1 heterocycles. The van der Waals surface area contributed by atoms with Gasteiger partial charge in [0.2, 0.25) is 11.8 Å². The van der Waals surface area contributed by atoms with E-state index in [1.54, 1.807) is 13.0 Å². The Bertz CT molecular complexity index is 714. The number of ether oxygens (including phenoxy) is 1. The minimum atomic E-state index is -3.76. The third-order valence-electron chi connectivity index (χ3n) is 2.46. The highest BCUT2D eigenvalue weighted by molar-refractivity contribution is 7.92. The standard InChI is InChI=1S/C12H14N4O3S/c1-8-7-11(19-2)15-12(14-8)16-20(17,18)10-5-3-9(13)4-6-10/h3-7H,13H2,1-2H3,(H,14,15,16). The van der Waals surface area contributed by atoms with Crippen LogP contribution in [0, 0.1) is 6.92 Å². The Morgan fingerprint density at radius 3 is 2.45 bits per heavy atom. The summed E-state index contributed by atoms with van der Waals surface area (Å²) in [7, 11) is -2.31. The van der Waals surface area contributed by atoms with Crippen LogP contribution in [0.5, 0.6) is 5.88 Å². The molecule has 20 heavy (non-hydrogen) atoms. The number of rotatable bonds is 4. The first-order valence-electron chi connectivity index (χ1n) is 5.69. The summed E-state index contributed by atoms with van der Waals surface area (Å²) >= 11 is 0. The maximum atomic E-state index is 12.2. The highest BCUT2D eigenvalue weighted by atomic mass is 32.2. The van der Waals surface area contributed by atoms with Crippen LogP contribution in [0.25, 0.3) is 0 Å². The third kappa shape index (κ3) is 3.15. The number of nitrogens with zero attached hydrogens (tertiary/aromatic N) is 2. The maximum absolute atomic E-state index is 12.2. The van der Waals surface area contributed by atoms with E-state index >= 15 is 0 Å². The Labute approximate surface area is 116 Å². The molecule has 0 atom stereocenters. The predicted octanol–water partition coefficient (Wildman–Crippen LogP) is 1.18. The Hall–Kier alpha value is -2.35.